The fourth-order valence-corrected chi connectivity index (χ4v) is 8.84. The summed E-state index contributed by atoms with van der Waals surface area (Å²) in [5.41, 5.74) is 3.24. The number of likely N-dealkylation sites (tertiary alicyclic amines) is 1. The Morgan fingerprint density at radius 1 is 1.04 bits per heavy atom. The van der Waals surface area contributed by atoms with E-state index in [-0.39, 0.29) is 17.9 Å². The summed E-state index contributed by atoms with van der Waals surface area (Å²) in [6, 6.07) is 4.94. The van der Waals surface area contributed by atoms with E-state index in [0.717, 1.165) is 66.0 Å². The number of nitrogens with zero attached hydrogens (tertiary/aromatic N) is 6. The molecule has 3 fully saturated rings. The van der Waals surface area contributed by atoms with Crippen molar-refractivity contribution in [3.63, 3.8) is 0 Å². The van der Waals surface area contributed by atoms with E-state index in [1.54, 1.807) is 13.3 Å². The summed E-state index contributed by atoms with van der Waals surface area (Å²) in [6.45, 7) is 4.28. The number of hydrogen-bond donors (Lipinski definition) is 1. The molecule has 45 heavy (non-hydrogen) atoms. The first kappa shape index (κ1) is 30.2. The van der Waals surface area contributed by atoms with Crippen molar-refractivity contribution in [3.05, 3.63) is 24.0 Å². The van der Waals surface area contributed by atoms with Gasteiger partial charge in [0.05, 0.1) is 18.0 Å². The topological polar surface area (TPSA) is 115 Å². The minimum atomic E-state index is -0.159. The highest BCUT2D eigenvalue weighted by atomic mass is 32.1. The van der Waals surface area contributed by atoms with Gasteiger partial charge in [0, 0.05) is 49.8 Å². The SMILES string of the molecule is COc1ccc(-c2nn([C@H]3CC[C@H](C(=O)N(C)[C@H]4CC[C@@H](N5CCCC5)CC4)CC3)c3c2OCc2nc(NC(C)=O)sc2-3)cn1. The lowest BCUT2D eigenvalue weighted by Crippen LogP contribution is -2.46. The first-order chi connectivity index (χ1) is 21.9. The van der Waals surface area contributed by atoms with Crippen molar-refractivity contribution < 1.29 is 19.1 Å². The Morgan fingerprint density at radius 2 is 1.78 bits per heavy atom. The molecule has 0 aromatic carbocycles. The highest BCUT2D eigenvalue weighted by Gasteiger charge is 2.38. The molecule has 12 heteroatoms. The maximum Gasteiger partial charge on any atom is 0.225 e. The van der Waals surface area contributed by atoms with Gasteiger partial charge in [-0.3, -0.25) is 14.3 Å². The fraction of sp³-hybridized carbons (Fsp3) is 0.606. The standard InChI is InChI=1S/C33H43N7O4S/c1-20(41)35-33-36-26-19-44-30-28(22-8-15-27(43-3)34-18-22)37-40(29(30)31(26)45-33)25-9-6-21(7-10-25)32(42)38(2)23-11-13-24(14-12-23)39-16-4-5-17-39/h8,15,18,21,23-25H,4-7,9-14,16-17,19H2,1-3H3,(H,35,36,41)/t21-,23-,24+,25-. The van der Waals surface area contributed by atoms with E-state index in [9.17, 15) is 9.59 Å². The largest absolute Gasteiger partial charge is 0.483 e. The Labute approximate surface area is 268 Å². The van der Waals surface area contributed by atoms with Crippen LogP contribution in [0.2, 0.25) is 0 Å². The molecule has 11 nitrogen and oxygen atoms in total. The molecule has 2 amide bonds. The first-order valence-corrected chi connectivity index (χ1v) is 17.2. The van der Waals surface area contributed by atoms with E-state index in [1.165, 1.54) is 57.0 Å². The monoisotopic (exact) mass is 633 g/mol. The molecule has 0 bridgehead atoms. The summed E-state index contributed by atoms with van der Waals surface area (Å²) >= 11 is 1.45. The van der Waals surface area contributed by atoms with Gasteiger partial charge in [0.1, 0.15) is 23.7 Å². The average molecular weight is 634 g/mol. The average Bonchev–Trinajstić information content (AvgIpc) is 3.83. The molecule has 3 aromatic heterocycles. The summed E-state index contributed by atoms with van der Waals surface area (Å²) in [6.07, 6.45) is 12.4. The van der Waals surface area contributed by atoms with Gasteiger partial charge in [0.15, 0.2) is 10.9 Å². The van der Waals surface area contributed by atoms with Crippen molar-refractivity contribution in [2.75, 3.05) is 32.6 Å². The molecule has 2 aliphatic carbocycles. The van der Waals surface area contributed by atoms with Crippen molar-refractivity contribution in [3.8, 4) is 33.5 Å². The zero-order chi connectivity index (χ0) is 31.1. The molecule has 3 aromatic rings. The molecule has 0 atom stereocenters. The predicted molar refractivity (Wildman–Crippen MR) is 172 cm³/mol. The number of carbonyl (C=O) groups is 2. The van der Waals surface area contributed by atoms with Crippen LogP contribution in [0.15, 0.2) is 18.3 Å². The number of methoxy groups -OCH3 is 1. The van der Waals surface area contributed by atoms with Crippen LogP contribution in [0, 0.1) is 5.92 Å². The maximum atomic E-state index is 13.7. The van der Waals surface area contributed by atoms with Gasteiger partial charge in [0.25, 0.3) is 0 Å². The van der Waals surface area contributed by atoms with Gasteiger partial charge >= 0.3 is 0 Å². The van der Waals surface area contributed by atoms with Crippen LogP contribution in [0.25, 0.3) is 21.8 Å². The number of nitrogens with one attached hydrogen (secondary N) is 1. The van der Waals surface area contributed by atoms with E-state index in [1.807, 2.05) is 19.2 Å². The Morgan fingerprint density at radius 3 is 2.44 bits per heavy atom. The smallest absolute Gasteiger partial charge is 0.225 e. The lowest BCUT2D eigenvalue weighted by atomic mass is 9.83. The van der Waals surface area contributed by atoms with Gasteiger partial charge in [-0.05, 0) is 83.4 Å². The maximum absolute atomic E-state index is 13.7. The van der Waals surface area contributed by atoms with Crippen LogP contribution in [0.1, 0.15) is 82.9 Å². The highest BCUT2D eigenvalue weighted by molar-refractivity contribution is 7.19. The number of fused-ring (bicyclic) bond motifs is 3. The number of thiazole rings is 1. The molecule has 240 valence electrons. The van der Waals surface area contributed by atoms with Crippen molar-refractivity contribution in [1.29, 1.82) is 0 Å². The van der Waals surface area contributed by atoms with Crippen LogP contribution >= 0.6 is 11.3 Å². The molecule has 0 spiro atoms. The van der Waals surface area contributed by atoms with Crippen molar-refractivity contribution in [2.45, 2.75) is 95.9 Å². The van der Waals surface area contributed by atoms with Crippen LogP contribution in [0.3, 0.4) is 0 Å². The second-order valence-corrected chi connectivity index (χ2v) is 14.0. The van der Waals surface area contributed by atoms with E-state index in [0.29, 0.717) is 41.4 Å². The molecule has 1 N–H and O–H groups in total. The van der Waals surface area contributed by atoms with Gasteiger partial charge in [-0.1, -0.05) is 11.3 Å². The minimum absolute atomic E-state index is 0.0424. The van der Waals surface area contributed by atoms with Gasteiger partial charge in [-0.15, -0.1) is 0 Å². The number of amides is 2. The summed E-state index contributed by atoms with van der Waals surface area (Å²) < 4.78 is 13.7. The molecule has 1 saturated heterocycles. The van der Waals surface area contributed by atoms with Crippen LogP contribution < -0.4 is 14.8 Å². The number of pyridine rings is 1. The number of carbonyl (C=O) groups excluding carboxylic acids is 2. The Bertz CT molecular complexity index is 1530. The normalized spacial score (nSPS) is 24.8. The summed E-state index contributed by atoms with van der Waals surface area (Å²) in [5, 5.41) is 8.51. The van der Waals surface area contributed by atoms with Gasteiger partial charge < -0.3 is 24.6 Å². The number of aromatic nitrogens is 4. The number of ether oxygens (including phenoxy) is 2. The highest BCUT2D eigenvalue weighted by Crippen LogP contribution is 2.49. The third kappa shape index (κ3) is 5.94. The van der Waals surface area contributed by atoms with E-state index in [2.05, 4.69) is 29.8 Å². The number of rotatable bonds is 7. The Hall–Kier alpha value is -3.51. The molecular weight excluding hydrogens is 590 g/mol. The van der Waals surface area contributed by atoms with E-state index < -0.39 is 0 Å². The lowest BCUT2D eigenvalue weighted by Gasteiger charge is -2.40. The van der Waals surface area contributed by atoms with Gasteiger partial charge in [0.2, 0.25) is 17.7 Å². The Balaban J connectivity index is 1.08. The summed E-state index contributed by atoms with van der Waals surface area (Å²) in [5.74, 6) is 1.42. The van der Waals surface area contributed by atoms with Crippen molar-refractivity contribution in [2.24, 2.45) is 5.92 Å². The molecule has 0 unspecified atom stereocenters. The third-order valence-corrected chi connectivity index (χ3v) is 11.3. The molecule has 2 saturated carbocycles. The molecule has 2 aliphatic heterocycles. The lowest BCUT2D eigenvalue weighted by molar-refractivity contribution is -0.138. The zero-order valence-electron chi connectivity index (χ0n) is 26.5. The number of anilines is 1. The fourth-order valence-electron chi connectivity index (χ4n) is 7.79. The molecule has 0 radical (unpaired) electrons. The predicted octanol–water partition coefficient (Wildman–Crippen LogP) is 5.52. The van der Waals surface area contributed by atoms with E-state index in [4.69, 9.17) is 14.6 Å². The van der Waals surface area contributed by atoms with Crippen LogP contribution in [0.5, 0.6) is 11.6 Å². The molecule has 5 heterocycles. The van der Waals surface area contributed by atoms with Crippen LogP contribution in [0.4, 0.5) is 5.13 Å². The molecular formula is C33H43N7O4S. The zero-order valence-corrected chi connectivity index (χ0v) is 27.3. The summed E-state index contributed by atoms with van der Waals surface area (Å²) in [4.78, 5) is 40.3. The third-order valence-electron chi connectivity index (χ3n) is 10.2. The van der Waals surface area contributed by atoms with Gasteiger partial charge in [-0.25, -0.2) is 9.97 Å². The quantitative estimate of drug-likeness (QED) is 0.362. The van der Waals surface area contributed by atoms with E-state index >= 15 is 0 Å². The second-order valence-electron chi connectivity index (χ2n) is 13.0. The van der Waals surface area contributed by atoms with Gasteiger partial charge in [-0.2, -0.15) is 5.10 Å². The molecule has 7 rings (SSSR count). The number of hydrogen-bond acceptors (Lipinski definition) is 9. The first-order valence-electron chi connectivity index (χ1n) is 16.4. The van der Waals surface area contributed by atoms with Crippen molar-refractivity contribution in [1.82, 2.24) is 29.5 Å². The second kappa shape index (κ2) is 12.7. The van der Waals surface area contributed by atoms with Crippen molar-refractivity contribution >= 4 is 28.3 Å². The molecule has 4 aliphatic rings. The summed E-state index contributed by atoms with van der Waals surface area (Å²) in [7, 11) is 3.63. The van der Waals surface area contributed by atoms with Crippen LogP contribution in [-0.2, 0) is 16.2 Å². The minimum Gasteiger partial charge on any atom is -0.483 e. The Kier molecular flexibility index (Phi) is 8.52. The van der Waals surface area contributed by atoms with Crippen LogP contribution in [-0.4, -0.2) is 80.7 Å².